The number of hydrogen-bond acceptors (Lipinski definition) is 8. The number of hydrogen-bond donors (Lipinski definition) is 3. The summed E-state index contributed by atoms with van der Waals surface area (Å²) in [5.41, 5.74) is 4.33. The fraction of sp³-hybridized carbons (Fsp3) is 0.282. The van der Waals surface area contributed by atoms with Crippen LogP contribution in [0.2, 0.25) is 0 Å². The number of aliphatic hydroxyl groups is 1. The molecule has 1 aliphatic rings. The van der Waals surface area contributed by atoms with Crippen LogP contribution in [0.4, 0.5) is 0 Å². The molecule has 4 aromatic rings. The Morgan fingerprint density at radius 2 is 0.894 bits per heavy atom. The van der Waals surface area contributed by atoms with Gasteiger partial charge in [0.2, 0.25) is 0 Å². The first-order chi connectivity index (χ1) is 22.8. The first kappa shape index (κ1) is 47.1. The van der Waals surface area contributed by atoms with Crippen molar-refractivity contribution in [3.63, 3.8) is 0 Å². The number of epoxide rings is 1. The summed E-state index contributed by atoms with van der Waals surface area (Å²) in [4.78, 5) is 22.3. The molecule has 0 aromatic heterocycles. The highest BCUT2D eigenvalue weighted by molar-refractivity contribution is 5.18. The summed E-state index contributed by atoms with van der Waals surface area (Å²) in [6, 6.07) is 39.1. The number of rotatable bonds is 6. The van der Waals surface area contributed by atoms with Crippen LogP contribution < -0.4 is 0 Å². The van der Waals surface area contributed by atoms with Gasteiger partial charge in [-0.1, -0.05) is 128 Å². The van der Waals surface area contributed by atoms with E-state index >= 15 is 0 Å². The van der Waals surface area contributed by atoms with Crippen molar-refractivity contribution in [1.29, 1.82) is 0 Å². The second-order valence-corrected chi connectivity index (χ2v) is 9.39. The quantitative estimate of drug-likeness (QED) is 0.0814. The molecule has 4 atom stereocenters. The van der Waals surface area contributed by atoms with Crippen molar-refractivity contribution in [3.05, 3.63) is 180 Å². The molecule has 258 valence electrons. The number of ether oxygens (including phenoxy) is 1. The highest BCUT2D eigenvalue weighted by Gasteiger charge is 2.13. The number of benzene rings is 4. The third-order valence-corrected chi connectivity index (χ3v) is 5.89. The van der Waals surface area contributed by atoms with Gasteiger partial charge in [0.05, 0.1) is 18.8 Å². The van der Waals surface area contributed by atoms with E-state index < -0.39 is 0 Å². The van der Waals surface area contributed by atoms with Gasteiger partial charge in [-0.25, -0.2) is 9.78 Å². The predicted molar refractivity (Wildman–Crippen MR) is 195 cm³/mol. The highest BCUT2D eigenvalue weighted by Crippen LogP contribution is 2.14. The molecule has 1 fully saturated rings. The molecule has 4 aromatic carbocycles. The Labute approximate surface area is 281 Å². The van der Waals surface area contributed by atoms with Gasteiger partial charge in [-0.15, -0.1) is 26.3 Å². The Hall–Kier alpha value is -4.28. The van der Waals surface area contributed by atoms with Crippen molar-refractivity contribution in [1.82, 2.24) is 0 Å². The third-order valence-electron chi connectivity index (χ3n) is 5.89. The molecule has 4 unspecified atom stereocenters. The van der Waals surface area contributed by atoms with Gasteiger partial charge in [-0.3, -0.25) is 10.5 Å². The molecule has 0 amide bonds. The third kappa shape index (κ3) is 27.7. The fourth-order valence-electron chi connectivity index (χ4n) is 3.11. The Bertz CT molecular complexity index is 1110. The molecule has 3 N–H and O–H groups in total. The average Bonchev–Trinajstić information content (AvgIpc) is 3.97. The summed E-state index contributed by atoms with van der Waals surface area (Å²) < 4.78 is 4.71. The first-order valence-electron chi connectivity index (χ1n) is 15.1. The lowest BCUT2D eigenvalue weighted by molar-refractivity contribution is -0.277. The van der Waals surface area contributed by atoms with Crippen LogP contribution in [0, 0.1) is 9.93 Å². The minimum Gasteiger partial charge on any atom is -0.389 e. The molecule has 1 heterocycles. The lowest BCUT2D eigenvalue weighted by Crippen LogP contribution is -1.94. The van der Waals surface area contributed by atoms with Gasteiger partial charge in [0, 0.05) is 9.93 Å². The zero-order valence-electron chi connectivity index (χ0n) is 28.5. The summed E-state index contributed by atoms with van der Waals surface area (Å²) >= 11 is 0. The zero-order chi connectivity index (χ0) is 36.3. The van der Waals surface area contributed by atoms with Crippen LogP contribution in [0.3, 0.4) is 0 Å². The summed E-state index contributed by atoms with van der Waals surface area (Å²) in [5, 5.41) is 25.6. The fourth-order valence-corrected chi connectivity index (χ4v) is 3.11. The molecule has 0 spiro atoms. The van der Waals surface area contributed by atoms with Gasteiger partial charge in [-0.2, -0.15) is 0 Å². The van der Waals surface area contributed by atoms with Crippen LogP contribution in [0.25, 0.3) is 0 Å². The molecule has 0 bridgehead atoms. The maximum absolute atomic E-state index is 9.02. The van der Waals surface area contributed by atoms with E-state index in [4.69, 9.17) is 30.3 Å². The summed E-state index contributed by atoms with van der Waals surface area (Å²) in [6.07, 6.45) is 0.912. The lowest BCUT2D eigenvalue weighted by atomic mass is 10.1. The van der Waals surface area contributed by atoms with Crippen molar-refractivity contribution in [2.24, 2.45) is 0 Å². The van der Waals surface area contributed by atoms with Crippen molar-refractivity contribution in [3.8, 4) is 0 Å². The Kier molecular flexibility index (Phi) is 34.7. The molecule has 0 aliphatic carbocycles. The molecule has 8 heteroatoms. The minimum absolute atomic E-state index is 0.235. The van der Waals surface area contributed by atoms with Gasteiger partial charge in [0.15, 0.2) is 0 Å². The van der Waals surface area contributed by atoms with Crippen LogP contribution in [0.5, 0.6) is 0 Å². The maximum atomic E-state index is 9.02. The van der Waals surface area contributed by atoms with Gasteiger partial charge >= 0.3 is 0 Å². The van der Waals surface area contributed by atoms with E-state index in [2.05, 4.69) is 74.2 Å². The first-order valence-corrected chi connectivity index (χ1v) is 15.1. The molecular weight excluding hydrogens is 596 g/mol. The smallest absolute Gasteiger partial charge is 0.115 e. The molecule has 47 heavy (non-hydrogen) atoms. The van der Waals surface area contributed by atoms with E-state index in [9.17, 15) is 0 Å². The van der Waals surface area contributed by atoms with Crippen LogP contribution in [0.1, 0.15) is 75.2 Å². The molecule has 0 saturated carbocycles. The van der Waals surface area contributed by atoms with Crippen molar-refractivity contribution >= 4 is 0 Å². The van der Waals surface area contributed by atoms with Gasteiger partial charge < -0.3 is 9.84 Å². The van der Waals surface area contributed by atoms with E-state index in [1.165, 1.54) is 5.56 Å². The van der Waals surface area contributed by atoms with E-state index in [1.54, 1.807) is 20.8 Å². The van der Waals surface area contributed by atoms with Crippen molar-refractivity contribution in [2.45, 2.75) is 65.5 Å². The largest absolute Gasteiger partial charge is 0.389 e. The predicted octanol–water partition coefficient (Wildman–Crippen LogP) is 10.5. The molecule has 5 rings (SSSR count). The summed E-state index contributed by atoms with van der Waals surface area (Å²) in [5.74, 6) is 0. The molecule has 0 radical (unpaired) electrons. The maximum Gasteiger partial charge on any atom is 0.115 e. The topological polar surface area (TPSA) is 126 Å². The second kappa shape index (κ2) is 34.6. The van der Waals surface area contributed by atoms with Gasteiger partial charge in [0.1, 0.15) is 12.2 Å². The minimum atomic E-state index is -0.341. The van der Waals surface area contributed by atoms with E-state index in [1.807, 2.05) is 97.1 Å². The standard InChI is InChI=1S/2C8H10O2.C8H10O.C8H10.C3H6O.2C2H4.O2/c2*1-7(10-9)8-5-3-2-4-6-8;1-7(9)8-5-3-2-4-6-8;1-2-8-6-4-3-5-7-8;1-3-2-4-3;3*1-2/h2*2-7,9H,1H3;2-7,9H,1H3;3-7H,2H2,1H3;3H,2H2,1H3;2*1-2H2;. The molecular formula is C39H54O8. The molecule has 8 nitrogen and oxygen atoms in total. The van der Waals surface area contributed by atoms with Crippen LogP contribution in [0.15, 0.2) is 148 Å². The van der Waals surface area contributed by atoms with Crippen molar-refractivity contribution in [2.75, 3.05) is 6.61 Å². The van der Waals surface area contributed by atoms with E-state index in [-0.39, 0.29) is 18.3 Å². The molecule has 1 saturated heterocycles. The molecule has 1 aliphatic heterocycles. The van der Waals surface area contributed by atoms with Crippen molar-refractivity contribution < 1.29 is 30.1 Å². The second-order valence-electron chi connectivity index (χ2n) is 9.39. The van der Waals surface area contributed by atoms with Gasteiger partial charge in [0.25, 0.3) is 0 Å². The Balaban J connectivity index is -0.000000503. The summed E-state index contributed by atoms with van der Waals surface area (Å²) in [7, 11) is 0. The number of aliphatic hydroxyl groups excluding tert-OH is 1. The van der Waals surface area contributed by atoms with Crippen LogP contribution in [-0.2, 0) is 20.9 Å². The average molecular weight is 651 g/mol. The number of aryl methyl sites for hydroxylation is 1. The Morgan fingerprint density at radius 3 is 1.06 bits per heavy atom. The monoisotopic (exact) mass is 650 g/mol. The highest BCUT2D eigenvalue weighted by atomic mass is 17.1. The van der Waals surface area contributed by atoms with E-state index in [0.29, 0.717) is 6.10 Å². The van der Waals surface area contributed by atoms with Crippen LogP contribution in [-0.4, -0.2) is 28.3 Å². The summed E-state index contributed by atoms with van der Waals surface area (Å²) in [6.45, 7) is 22.5. The Morgan fingerprint density at radius 1 is 0.638 bits per heavy atom. The van der Waals surface area contributed by atoms with Gasteiger partial charge in [-0.05, 0) is 56.4 Å². The zero-order valence-corrected chi connectivity index (χ0v) is 28.5. The lowest BCUT2D eigenvalue weighted by Gasteiger charge is -2.05. The van der Waals surface area contributed by atoms with E-state index in [0.717, 1.165) is 29.7 Å². The SMILES string of the molecule is C=C.C=C.CC(O)c1ccccc1.CC(OO)c1ccccc1.CC(OO)c1ccccc1.CC1CO1.CCc1ccccc1.O=O. The normalized spacial score (nSPS) is 13.2. The van der Waals surface area contributed by atoms with Crippen LogP contribution >= 0.6 is 0 Å².